The first-order valence-electron chi connectivity index (χ1n) is 3.09. The Labute approximate surface area is 56.4 Å². The molecule has 9 heavy (non-hydrogen) atoms. The van der Waals surface area contributed by atoms with Gasteiger partial charge in [0.25, 0.3) is 0 Å². The van der Waals surface area contributed by atoms with Crippen LogP contribution in [0.3, 0.4) is 0 Å². The molecular formula is C7H14N2. The van der Waals surface area contributed by atoms with E-state index >= 15 is 0 Å². The predicted octanol–water partition coefficient (Wildman–Crippen LogP) is 1.53. The van der Waals surface area contributed by atoms with Crippen molar-refractivity contribution in [3.63, 3.8) is 0 Å². The van der Waals surface area contributed by atoms with Gasteiger partial charge in [0.1, 0.15) is 0 Å². The van der Waals surface area contributed by atoms with Crippen LogP contribution in [-0.2, 0) is 0 Å². The van der Waals surface area contributed by atoms with Crippen molar-refractivity contribution in [3.05, 3.63) is 12.2 Å². The van der Waals surface area contributed by atoms with Gasteiger partial charge in [-0.05, 0) is 18.9 Å². The maximum atomic E-state index is 4.99. The number of hydrogen-bond acceptors (Lipinski definition) is 2. The van der Waals surface area contributed by atoms with E-state index in [1.54, 1.807) is 0 Å². The summed E-state index contributed by atoms with van der Waals surface area (Å²) in [6, 6.07) is 0. The Morgan fingerprint density at radius 2 is 2.11 bits per heavy atom. The molecule has 0 aliphatic carbocycles. The summed E-state index contributed by atoms with van der Waals surface area (Å²) in [6.45, 7) is 6.10. The highest BCUT2D eigenvalue weighted by molar-refractivity contribution is 5.92. The molecule has 0 saturated carbocycles. The van der Waals surface area contributed by atoms with Gasteiger partial charge in [0, 0.05) is 0 Å². The molecule has 0 aromatic rings. The fourth-order valence-corrected chi connectivity index (χ4v) is 0.375. The van der Waals surface area contributed by atoms with Gasteiger partial charge in [-0.2, -0.15) is 5.10 Å². The number of hydrogen-bond donors (Lipinski definition) is 1. The van der Waals surface area contributed by atoms with Crippen molar-refractivity contribution in [2.24, 2.45) is 16.9 Å². The summed E-state index contributed by atoms with van der Waals surface area (Å²) in [6.07, 6.45) is 3.98. The third-order valence-corrected chi connectivity index (χ3v) is 0.926. The Bertz CT molecular complexity index is 123. The Balaban J connectivity index is 3.71. The molecule has 0 spiro atoms. The lowest BCUT2D eigenvalue weighted by atomic mass is 10.2. The molecule has 0 amide bonds. The molecule has 0 aromatic carbocycles. The fraction of sp³-hybridized carbons (Fsp3) is 0.571. The number of nitrogens with zero attached hydrogens (tertiary/aromatic N) is 1. The van der Waals surface area contributed by atoms with Gasteiger partial charge in [0.2, 0.25) is 0 Å². The van der Waals surface area contributed by atoms with Gasteiger partial charge < -0.3 is 5.84 Å². The minimum Gasteiger partial charge on any atom is -0.323 e. The second-order valence-electron chi connectivity index (χ2n) is 2.37. The molecule has 0 heterocycles. The van der Waals surface area contributed by atoms with Crippen molar-refractivity contribution < 1.29 is 0 Å². The average molecular weight is 126 g/mol. The van der Waals surface area contributed by atoms with E-state index in [0.29, 0.717) is 5.92 Å². The van der Waals surface area contributed by atoms with Crippen LogP contribution >= 0.6 is 0 Å². The summed E-state index contributed by atoms with van der Waals surface area (Å²) in [4.78, 5) is 0. The zero-order chi connectivity index (χ0) is 7.28. The summed E-state index contributed by atoms with van der Waals surface area (Å²) < 4.78 is 0. The van der Waals surface area contributed by atoms with Crippen LogP contribution in [-0.4, -0.2) is 5.71 Å². The van der Waals surface area contributed by atoms with Gasteiger partial charge in [0.15, 0.2) is 0 Å². The summed E-state index contributed by atoms with van der Waals surface area (Å²) in [5, 5.41) is 3.49. The fourth-order valence-electron chi connectivity index (χ4n) is 0.375. The first-order chi connectivity index (χ1) is 4.16. The van der Waals surface area contributed by atoms with Crippen molar-refractivity contribution in [1.82, 2.24) is 0 Å². The van der Waals surface area contributed by atoms with Crippen LogP contribution in [0.15, 0.2) is 17.3 Å². The molecule has 52 valence electrons. The van der Waals surface area contributed by atoms with Crippen molar-refractivity contribution in [1.29, 1.82) is 0 Å². The smallest absolute Gasteiger partial charge is 0.0566 e. The van der Waals surface area contributed by atoms with E-state index in [1.807, 2.05) is 13.0 Å². The quantitative estimate of drug-likeness (QED) is 0.340. The highest BCUT2D eigenvalue weighted by Crippen LogP contribution is 1.92. The molecule has 0 unspecified atom stereocenters. The summed E-state index contributed by atoms with van der Waals surface area (Å²) >= 11 is 0. The molecule has 2 N–H and O–H groups in total. The number of rotatable bonds is 2. The zero-order valence-corrected chi connectivity index (χ0v) is 6.26. The van der Waals surface area contributed by atoms with E-state index in [2.05, 4.69) is 25.0 Å². The van der Waals surface area contributed by atoms with Crippen LogP contribution in [0.4, 0.5) is 0 Å². The average Bonchev–Trinajstić information content (AvgIpc) is 1.83. The van der Waals surface area contributed by atoms with Crippen molar-refractivity contribution in [3.8, 4) is 0 Å². The lowest BCUT2D eigenvalue weighted by Gasteiger charge is -1.91. The van der Waals surface area contributed by atoms with Gasteiger partial charge in [0.05, 0.1) is 5.71 Å². The van der Waals surface area contributed by atoms with Crippen molar-refractivity contribution in [2.75, 3.05) is 0 Å². The normalized spacial score (nSPS) is 13.6. The van der Waals surface area contributed by atoms with Gasteiger partial charge in [-0.1, -0.05) is 19.9 Å². The van der Waals surface area contributed by atoms with Crippen LogP contribution in [0.1, 0.15) is 20.8 Å². The Kier molecular flexibility index (Phi) is 3.76. The Hall–Kier alpha value is -0.790. The zero-order valence-electron chi connectivity index (χ0n) is 6.26. The second-order valence-corrected chi connectivity index (χ2v) is 2.37. The summed E-state index contributed by atoms with van der Waals surface area (Å²) in [5.41, 5.74) is 0.865. The van der Waals surface area contributed by atoms with E-state index in [0.717, 1.165) is 5.71 Å². The van der Waals surface area contributed by atoms with E-state index in [1.165, 1.54) is 0 Å². The maximum Gasteiger partial charge on any atom is 0.0566 e. The summed E-state index contributed by atoms with van der Waals surface area (Å²) in [5.74, 6) is 5.57. The molecule has 0 aliphatic heterocycles. The molecule has 0 aliphatic rings. The molecule has 0 rings (SSSR count). The third-order valence-electron chi connectivity index (χ3n) is 0.926. The minimum atomic E-state index is 0.571. The molecule has 2 nitrogen and oxygen atoms in total. The second kappa shape index (κ2) is 4.13. The predicted molar refractivity (Wildman–Crippen MR) is 41.3 cm³/mol. The maximum absolute atomic E-state index is 4.99. The molecule has 0 bridgehead atoms. The highest BCUT2D eigenvalue weighted by atomic mass is 15.1. The monoisotopic (exact) mass is 126 g/mol. The highest BCUT2D eigenvalue weighted by Gasteiger charge is 1.83. The van der Waals surface area contributed by atoms with Crippen molar-refractivity contribution in [2.45, 2.75) is 20.8 Å². The molecule has 0 fully saturated rings. The number of allylic oxidation sites excluding steroid dienone is 2. The standard InChI is InChI=1S/C7H14N2/c1-6(2)4-5-7(3)9-8/h4-6H,8H2,1-3H3/b5-4-,9-7-. The van der Waals surface area contributed by atoms with Crippen LogP contribution in [0.5, 0.6) is 0 Å². The van der Waals surface area contributed by atoms with Crippen molar-refractivity contribution >= 4 is 5.71 Å². The molecule has 0 aromatic heterocycles. The Morgan fingerprint density at radius 3 is 2.44 bits per heavy atom. The van der Waals surface area contributed by atoms with E-state index in [-0.39, 0.29) is 0 Å². The largest absolute Gasteiger partial charge is 0.323 e. The van der Waals surface area contributed by atoms with E-state index < -0.39 is 0 Å². The van der Waals surface area contributed by atoms with Crippen LogP contribution in [0.2, 0.25) is 0 Å². The minimum absolute atomic E-state index is 0.571. The first kappa shape index (κ1) is 8.21. The molecular weight excluding hydrogens is 112 g/mol. The first-order valence-corrected chi connectivity index (χ1v) is 3.09. The van der Waals surface area contributed by atoms with Crippen LogP contribution in [0, 0.1) is 5.92 Å². The lowest BCUT2D eigenvalue weighted by Crippen LogP contribution is -1.91. The van der Waals surface area contributed by atoms with Crippen LogP contribution in [0.25, 0.3) is 0 Å². The SMILES string of the molecule is CC(/C=C\C(C)C)=N/N. The van der Waals surface area contributed by atoms with E-state index in [9.17, 15) is 0 Å². The lowest BCUT2D eigenvalue weighted by molar-refractivity contribution is 0.832. The number of hydrazone groups is 1. The van der Waals surface area contributed by atoms with Crippen LogP contribution < -0.4 is 5.84 Å². The van der Waals surface area contributed by atoms with Gasteiger partial charge >= 0.3 is 0 Å². The van der Waals surface area contributed by atoms with Gasteiger partial charge in [-0.25, -0.2) is 0 Å². The van der Waals surface area contributed by atoms with Gasteiger partial charge in [-0.15, -0.1) is 0 Å². The third kappa shape index (κ3) is 5.07. The topological polar surface area (TPSA) is 38.4 Å². The molecule has 0 atom stereocenters. The van der Waals surface area contributed by atoms with Gasteiger partial charge in [-0.3, -0.25) is 0 Å². The molecule has 0 saturated heterocycles. The molecule has 2 heteroatoms. The summed E-state index contributed by atoms with van der Waals surface area (Å²) in [7, 11) is 0. The number of nitrogens with two attached hydrogens (primary N) is 1. The van der Waals surface area contributed by atoms with E-state index in [4.69, 9.17) is 5.84 Å². The Morgan fingerprint density at radius 1 is 1.56 bits per heavy atom. The molecule has 0 radical (unpaired) electrons.